The molecular formula is C22H44IN5. The van der Waals surface area contributed by atoms with Crippen molar-refractivity contribution in [1.29, 1.82) is 0 Å². The Morgan fingerprint density at radius 3 is 2.39 bits per heavy atom. The van der Waals surface area contributed by atoms with Crippen molar-refractivity contribution in [1.82, 2.24) is 20.0 Å². The minimum Gasteiger partial charge on any atom is -0.354 e. The van der Waals surface area contributed by atoms with E-state index in [2.05, 4.69) is 45.7 Å². The van der Waals surface area contributed by atoms with Crippen LogP contribution in [0.15, 0.2) is 17.6 Å². The molecule has 28 heavy (non-hydrogen) atoms. The van der Waals surface area contributed by atoms with Crippen LogP contribution in [-0.2, 0) is 0 Å². The molecule has 0 atom stereocenters. The molecule has 2 fully saturated rings. The fraction of sp³-hybridized carbons (Fsp3) is 0.864. The van der Waals surface area contributed by atoms with Gasteiger partial charge in [0, 0.05) is 32.7 Å². The molecule has 0 aromatic carbocycles. The Morgan fingerprint density at radius 1 is 1.11 bits per heavy atom. The zero-order chi connectivity index (χ0) is 19.5. The molecule has 6 heteroatoms. The first-order chi connectivity index (χ1) is 13.1. The van der Waals surface area contributed by atoms with Crippen LogP contribution in [-0.4, -0.2) is 86.6 Å². The molecule has 0 saturated carbocycles. The lowest BCUT2D eigenvalue weighted by atomic mass is 9.84. The first-order valence-corrected chi connectivity index (χ1v) is 11.1. The van der Waals surface area contributed by atoms with Crippen LogP contribution in [0.2, 0.25) is 0 Å². The van der Waals surface area contributed by atoms with Gasteiger partial charge in [0.05, 0.1) is 0 Å². The van der Waals surface area contributed by atoms with Crippen molar-refractivity contribution >= 4 is 29.9 Å². The fourth-order valence-electron chi connectivity index (χ4n) is 4.56. The van der Waals surface area contributed by atoms with E-state index in [0.717, 1.165) is 25.5 Å². The summed E-state index contributed by atoms with van der Waals surface area (Å²) in [5.41, 5.74) is 0.299. The van der Waals surface area contributed by atoms with Crippen molar-refractivity contribution in [2.45, 2.75) is 63.3 Å². The molecule has 2 aliphatic rings. The van der Waals surface area contributed by atoms with Crippen molar-refractivity contribution in [2.75, 3.05) is 60.4 Å². The second kappa shape index (κ2) is 13.8. The van der Waals surface area contributed by atoms with Gasteiger partial charge < -0.3 is 15.1 Å². The van der Waals surface area contributed by atoms with Gasteiger partial charge in [-0.1, -0.05) is 18.9 Å². The maximum atomic E-state index is 4.56. The zero-order valence-electron chi connectivity index (χ0n) is 18.6. The van der Waals surface area contributed by atoms with Crippen LogP contribution in [0.1, 0.15) is 57.8 Å². The molecule has 0 amide bonds. The molecule has 2 aliphatic heterocycles. The number of likely N-dealkylation sites (tertiary alicyclic amines) is 2. The molecule has 0 aliphatic carbocycles. The van der Waals surface area contributed by atoms with Crippen molar-refractivity contribution in [3.63, 3.8) is 0 Å². The summed E-state index contributed by atoms with van der Waals surface area (Å²) >= 11 is 0. The number of guanidine groups is 1. The summed E-state index contributed by atoms with van der Waals surface area (Å²) in [6.07, 6.45) is 13.5. The Bertz CT molecular complexity index is 454. The van der Waals surface area contributed by atoms with Gasteiger partial charge in [0.15, 0.2) is 5.96 Å². The van der Waals surface area contributed by atoms with E-state index in [1.807, 2.05) is 13.1 Å². The van der Waals surface area contributed by atoms with Crippen LogP contribution in [0.3, 0.4) is 0 Å². The number of aliphatic imine (C=N–C) groups is 1. The van der Waals surface area contributed by atoms with Gasteiger partial charge in [-0.15, -0.1) is 30.6 Å². The van der Waals surface area contributed by atoms with Gasteiger partial charge in [-0.2, -0.15) is 0 Å². The highest BCUT2D eigenvalue weighted by Crippen LogP contribution is 2.30. The lowest BCUT2D eigenvalue weighted by Gasteiger charge is -2.50. The summed E-state index contributed by atoms with van der Waals surface area (Å²) in [6, 6.07) is 0. The van der Waals surface area contributed by atoms with E-state index in [0.29, 0.717) is 5.54 Å². The molecule has 0 spiro atoms. The Kier molecular flexibility index (Phi) is 12.7. The van der Waals surface area contributed by atoms with Gasteiger partial charge in [0.1, 0.15) is 0 Å². The maximum Gasteiger partial charge on any atom is 0.193 e. The Balaban J connectivity index is 0.00000392. The number of rotatable bonds is 9. The molecule has 0 bridgehead atoms. The molecular weight excluding hydrogens is 461 g/mol. The number of nitrogens with zero attached hydrogens (tertiary/aromatic N) is 4. The van der Waals surface area contributed by atoms with E-state index in [-0.39, 0.29) is 24.0 Å². The second-order valence-corrected chi connectivity index (χ2v) is 8.54. The quantitative estimate of drug-likeness (QED) is 0.170. The van der Waals surface area contributed by atoms with E-state index in [1.54, 1.807) is 0 Å². The molecule has 0 radical (unpaired) electrons. The third-order valence-electron chi connectivity index (χ3n) is 6.50. The summed E-state index contributed by atoms with van der Waals surface area (Å²) in [7, 11) is 6.34. The lowest BCUT2D eigenvalue weighted by Crippen LogP contribution is -2.62. The molecule has 0 unspecified atom stereocenters. The van der Waals surface area contributed by atoms with Crippen LogP contribution < -0.4 is 5.32 Å². The highest BCUT2D eigenvalue weighted by atomic mass is 127. The minimum atomic E-state index is 0. The second-order valence-electron chi connectivity index (χ2n) is 8.54. The van der Waals surface area contributed by atoms with Crippen molar-refractivity contribution in [3.05, 3.63) is 12.7 Å². The van der Waals surface area contributed by atoms with Crippen LogP contribution in [0.5, 0.6) is 0 Å². The number of allylic oxidation sites excluding steroid dienone is 1. The average Bonchev–Trinajstić information content (AvgIpc) is 2.70. The normalized spacial score (nSPS) is 21.0. The largest absolute Gasteiger partial charge is 0.354 e. The summed E-state index contributed by atoms with van der Waals surface area (Å²) in [4.78, 5) is 12.1. The van der Waals surface area contributed by atoms with Gasteiger partial charge in [0.25, 0.3) is 0 Å². The van der Waals surface area contributed by atoms with Crippen LogP contribution in [0, 0.1) is 0 Å². The first-order valence-electron chi connectivity index (χ1n) is 11.1. The van der Waals surface area contributed by atoms with Gasteiger partial charge in [-0.25, -0.2) is 0 Å². The van der Waals surface area contributed by atoms with Gasteiger partial charge >= 0.3 is 0 Å². The molecule has 0 aromatic heterocycles. The summed E-state index contributed by atoms with van der Waals surface area (Å²) in [5.74, 6) is 1.05. The van der Waals surface area contributed by atoms with Crippen molar-refractivity contribution in [2.24, 2.45) is 4.99 Å². The number of hydrogen-bond donors (Lipinski definition) is 1. The lowest BCUT2D eigenvalue weighted by molar-refractivity contribution is 0.0170. The van der Waals surface area contributed by atoms with E-state index in [9.17, 15) is 0 Å². The van der Waals surface area contributed by atoms with Crippen molar-refractivity contribution in [3.8, 4) is 0 Å². The number of halogens is 1. The van der Waals surface area contributed by atoms with E-state index >= 15 is 0 Å². The highest BCUT2D eigenvalue weighted by molar-refractivity contribution is 14.0. The molecule has 1 N–H and O–H groups in total. The summed E-state index contributed by atoms with van der Waals surface area (Å²) in [5, 5.41) is 3.74. The van der Waals surface area contributed by atoms with Crippen LogP contribution in [0.25, 0.3) is 0 Å². The van der Waals surface area contributed by atoms with E-state index in [4.69, 9.17) is 0 Å². The SMILES string of the molecule is C=CCCCCCN(C)C(=NC)NCC1(N2CCCCC2)CCN(C)CC1.I. The maximum absolute atomic E-state index is 4.56. The Hall–Kier alpha value is -0.340. The Labute approximate surface area is 191 Å². The zero-order valence-corrected chi connectivity index (χ0v) is 20.9. The average molecular weight is 506 g/mol. The number of piperidine rings is 2. The number of nitrogens with one attached hydrogen (secondary N) is 1. The van der Waals surface area contributed by atoms with E-state index < -0.39 is 0 Å². The third-order valence-corrected chi connectivity index (χ3v) is 6.50. The van der Waals surface area contributed by atoms with Crippen LogP contribution >= 0.6 is 24.0 Å². The number of hydrogen-bond acceptors (Lipinski definition) is 3. The topological polar surface area (TPSA) is 34.1 Å². The smallest absolute Gasteiger partial charge is 0.193 e. The monoisotopic (exact) mass is 505 g/mol. The summed E-state index contributed by atoms with van der Waals surface area (Å²) in [6.45, 7) is 10.8. The number of unbranched alkanes of at least 4 members (excludes halogenated alkanes) is 3. The van der Waals surface area contributed by atoms with Gasteiger partial charge in [0.2, 0.25) is 0 Å². The fourth-order valence-corrected chi connectivity index (χ4v) is 4.56. The molecule has 0 aromatic rings. The predicted molar refractivity (Wildman–Crippen MR) is 133 cm³/mol. The first kappa shape index (κ1) is 25.7. The van der Waals surface area contributed by atoms with E-state index in [1.165, 1.54) is 77.5 Å². The molecule has 2 heterocycles. The molecule has 2 saturated heterocycles. The third kappa shape index (κ3) is 7.82. The molecule has 2 rings (SSSR count). The summed E-state index contributed by atoms with van der Waals surface area (Å²) < 4.78 is 0. The van der Waals surface area contributed by atoms with Gasteiger partial charge in [-0.05, 0) is 78.2 Å². The van der Waals surface area contributed by atoms with Gasteiger partial charge in [-0.3, -0.25) is 9.89 Å². The Morgan fingerprint density at radius 2 is 1.79 bits per heavy atom. The molecule has 164 valence electrons. The highest BCUT2D eigenvalue weighted by Gasteiger charge is 2.39. The van der Waals surface area contributed by atoms with Crippen LogP contribution in [0.4, 0.5) is 0 Å². The minimum absolute atomic E-state index is 0. The predicted octanol–water partition coefficient (Wildman–Crippen LogP) is 3.81. The standard InChI is InChI=1S/C22H43N5.HI/c1-5-6-7-8-10-15-26(4)21(23-2)24-20-22(13-18-25(3)19-14-22)27-16-11-9-12-17-27;/h5H,1,6-20H2,2-4H3,(H,23,24);1H. The van der Waals surface area contributed by atoms with Crippen molar-refractivity contribution < 1.29 is 0 Å². The molecule has 5 nitrogen and oxygen atoms in total.